The van der Waals surface area contributed by atoms with Crippen LogP contribution in [-0.4, -0.2) is 44.1 Å². The Hall–Kier alpha value is -3.83. The summed E-state index contributed by atoms with van der Waals surface area (Å²) in [4.78, 5) is 36.6. The zero-order valence-electron chi connectivity index (χ0n) is 22.8. The van der Waals surface area contributed by atoms with Crippen LogP contribution in [0.2, 0.25) is 0 Å². The average molecular weight is 572 g/mol. The van der Waals surface area contributed by atoms with Crippen molar-refractivity contribution in [3.8, 4) is 5.75 Å². The fourth-order valence-electron chi connectivity index (χ4n) is 4.25. The number of nitrogens with zero attached hydrogens (tertiary/aromatic N) is 1. The molecule has 2 aliphatic rings. The summed E-state index contributed by atoms with van der Waals surface area (Å²) in [5.41, 5.74) is 10.9. The topological polar surface area (TPSA) is 122 Å². The molecular formula is C29H34FN3O6S. The Morgan fingerprint density at radius 3 is 2.67 bits per heavy atom. The number of rotatable bonds is 3. The Kier molecular flexibility index (Phi) is 11.6. The first-order valence-corrected chi connectivity index (χ1v) is 13.8. The number of thioether (sulfide) groups is 1. The molecule has 2 aliphatic heterocycles. The molecule has 9 nitrogen and oxygen atoms in total. The van der Waals surface area contributed by atoms with Crippen LogP contribution in [0.3, 0.4) is 0 Å². The van der Waals surface area contributed by atoms with E-state index in [4.69, 9.17) is 4.74 Å². The van der Waals surface area contributed by atoms with E-state index in [1.807, 2.05) is 13.0 Å². The molecule has 1 atom stereocenters. The summed E-state index contributed by atoms with van der Waals surface area (Å²) in [5.74, 6) is 0.585. The number of hydrogen-bond donors (Lipinski definition) is 2. The van der Waals surface area contributed by atoms with Crippen molar-refractivity contribution in [2.45, 2.75) is 36.8 Å². The normalized spacial score (nSPS) is 15.3. The van der Waals surface area contributed by atoms with E-state index in [-0.39, 0.29) is 29.0 Å². The van der Waals surface area contributed by atoms with Crippen molar-refractivity contribution in [2.75, 3.05) is 32.9 Å². The van der Waals surface area contributed by atoms with Crippen molar-refractivity contribution < 1.29 is 28.2 Å². The molecule has 5 rings (SSSR count). The molecule has 0 aliphatic carbocycles. The third-order valence-corrected chi connectivity index (χ3v) is 7.39. The fraction of sp³-hybridized carbons (Fsp3) is 0.345. The molecule has 40 heavy (non-hydrogen) atoms. The van der Waals surface area contributed by atoms with Crippen molar-refractivity contribution >= 4 is 23.7 Å². The third kappa shape index (κ3) is 8.09. The summed E-state index contributed by atoms with van der Waals surface area (Å²) in [6, 6.07) is 14.8. The maximum absolute atomic E-state index is 13.1. The predicted molar refractivity (Wildman–Crippen MR) is 152 cm³/mol. The molecule has 1 aromatic heterocycles. The molecule has 0 amide bonds. The van der Waals surface area contributed by atoms with E-state index in [9.17, 15) is 18.8 Å². The number of nitrogens with one attached hydrogen (secondary N) is 1. The van der Waals surface area contributed by atoms with Gasteiger partial charge in [0.2, 0.25) is 12.2 Å². The minimum Gasteiger partial charge on any atom is -0.451 e. The average Bonchev–Trinajstić information content (AvgIpc) is 3.14. The van der Waals surface area contributed by atoms with E-state index < -0.39 is 18.4 Å². The van der Waals surface area contributed by atoms with Gasteiger partial charge in [-0.3, -0.25) is 14.3 Å². The van der Waals surface area contributed by atoms with Crippen LogP contribution < -0.4 is 21.3 Å². The highest BCUT2D eigenvalue weighted by atomic mass is 32.2. The van der Waals surface area contributed by atoms with Gasteiger partial charge in [-0.1, -0.05) is 31.2 Å². The molecule has 0 saturated carbocycles. The second-order valence-corrected chi connectivity index (χ2v) is 10.0. The number of methoxy groups -OCH3 is 1. The van der Waals surface area contributed by atoms with Gasteiger partial charge in [0.1, 0.15) is 5.82 Å². The second-order valence-electron chi connectivity index (χ2n) is 9.00. The van der Waals surface area contributed by atoms with E-state index in [0.29, 0.717) is 13.0 Å². The Balaban J connectivity index is 0.000000216. The Morgan fingerprint density at radius 1 is 1.12 bits per heavy atom. The molecule has 3 aromatic rings. The van der Waals surface area contributed by atoms with Gasteiger partial charge in [-0.05, 0) is 60.7 Å². The number of Topliss-reactive ketones (excluding diaryl/α,β-unsaturated/α-hetero) is 1. The van der Waals surface area contributed by atoms with E-state index in [0.717, 1.165) is 31.3 Å². The van der Waals surface area contributed by atoms with Crippen molar-refractivity contribution in [1.82, 2.24) is 4.68 Å². The number of carbonyl (C=O) groups is 2. The minimum atomic E-state index is -0.933. The lowest BCUT2D eigenvalue weighted by atomic mass is 9.98. The third-order valence-electron chi connectivity index (χ3n) is 6.22. The molecule has 0 spiro atoms. The highest BCUT2D eigenvalue weighted by Gasteiger charge is 2.24. The van der Waals surface area contributed by atoms with Crippen LogP contribution >= 0.6 is 11.8 Å². The van der Waals surface area contributed by atoms with Gasteiger partial charge in [-0.15, -0.1) is 11.8 Å². The van der Waals surface area contributed by atoms with Crippen LogP contribution in [0.25, 0.3) is 0 Å². The number of carbonyl (C=O) groups excluding carboxylic acids is 2. The summed E-state index contributed by atoms with van der Waals surface area (Å²) in [6.45, 7) is 2.13. The van der Waals surface area contributed by atoms with E-state index >= 15 is 0 Å². The van der Waals surface area contributed by atoms with Crippen LogP contribution in [0.15, 0.2) is 64.4 Å². The van der Waals surface area contributed by atoms with Crippen molar-refractivity contribution in [3.63, 3.8) is 0 Å². The zero-order chi connectivity index (χ0) is 29.1. The van der Waals surface area contributed by atoms with Crippen LogP contribution in [0.5, 0.6) is 5.75 Å². The van der Waals surface area contributed by atoms with Crippen molar-refractivity contribution in [2.24, 2.45) is 11.7 Å². The highest BCUT2D eigenvalue weighted by molar-refractivity contribution is 7.98. The van der Waals surface area contributed by atoms with Crippen LogP contribution in [-0.2, 0) is 21.6 Å². The smallest absolute Gasteiger partial charge is 0.451 e. The lowest BCUT2D eigenvalue weighted by Crippen LogP contribution is -2.31. The maximum Gasteiger partial charge on any atom is 0.510 e. The fourth-order valence-corrected chi connectivity index (χ4v) is 5.33. The van der Waals surface area contributed by atoms with Crippen LogP contribution in [0.1, 0.15) is 46.9 Å². The molecule has 0 bridgehead atoms. The molecular weight excluding hydrogens is 537 g/mol. The Labute approximate surface area is 236 Å². The number of hydrogen-bond acceptors (Lipinski definition) is 9. The first-order valence-electron chi connectivity index (χ1n) is 12.8. The SMILES string of the molecule is CN.COC(=O)OCOc1c2n(ccc1=O)NCC[C@@H](C)CC2=O.Fc1ccc2c(c1)CSc1ccccc1C2. The minimum absolute atomic E-state index is 0.132. The zero-order valence-corrected chi connectivity index (χ0v) is 23.6. The van der Waals surface area contributed by atoms with Gasteiger partial charge in [0, 0.05) is 35.9 Å². The van der Waals surface area contributed by atoms with Gasteiger partial charge in [0.05, 0.1) is 7.11 Å². The van der Waals surface area contributed by atoms with Crippen LogP contribution in [0.4, 0.5) is 9.18 Å². The largest absolute Gasteiger partial charge is 0.510 e. The summed E-state index contributed by atoms with van der Waals surface area (Å²) >= 11 is 1.79. The number of pyridine rings is 1. The lowest BCUT2D eigenvalue weighted by molar-refractivity contribution is 0.0140. The molecule has 0 unspecified atom stereocenters. The molecule has 3 N–H and O–H groups in total. The van der Waals surface area contributed by atoms with Gasteiger partial charge >= 0.3 is 6.16 Å². The quantitative estimate of drug-likeness (QED) is 0.340. The maximum atomic E-state index is 13.1. The predicted octanol–water partition coefficient (Wildman–Crippen LogP) is 4.72. The number of benzene rings is 2. The number of ketones is 1. The number of halogens is 1. The van der Waals surface area contributed by atoms with Gasteiger partial charge in [0.25, 0.3) is 0 Å². The number of nitrogens with two attached hydrogens (primary N) is 1. The van der Waals surface area contributed by atoms with Gasteiger partial charge in [-0.25, -0.2) is 9.18 Å². The van der Waals surface area contributed by atoms with Gasteiger partial charge in [0.15, 0.2) is 17.2 Å². The summed E-state index contributed by atoms with van der Waals surface area (Å²) < 4.78 is 28.7. The van der Waals surface area contributed by atoms with E-state index in [1.54, 1.807) is 23.9 Å². The number of fused-ring (bicyclic) bond motifs is 3. The summed E-state index contributed by atoms with van der Waals surface area (Å²) in [5, 5.41) is 0. The van der Waals surface area contributed by atoms with Crippen LogP contribution in [0, 0.1) is 11.7 Å². The van der Waals surface area contributed by atoms with Crippen molar-refractivity contribution in [3.05, 3.63) is 93.2 Å². The van der Waals surface area contributed by atoms with Gasteiger partial charge < -0.3 is 25.4 Å². The first kappa shape index (κ1) is 30.7. The molecule has 0 radical (unpaired) electrons. The number of aromatic nitrogens is 1. The number of ether oxygens (including phenoxy) is 3. The van der Waals surface area contributed by atoms with Crippen molar-refractivity contribution in [1.29, 1.82) is 0 Å². The summed E-state index contributed by atoms with van der Waals surface area (Å²) in [7, 11) is 2.66. The first-order chi connectivity index (χ1) is 19.4. The van der Waals surface area contributed by atoms with E-state index in [2.05, 4.69) is 44.9 Å². The molecule has 11 heteroatoms. The molecule has 214 valence electrons. The molecule has 3 heterocycles. The lowest BCUT2D eigenvalue weighted by Gasteiger charge is -2.22. The molecule has 0 saturated heterocycles. The highest BCUT2D eigenvalue weighted by Crippen LogP contribution is 2.33. The Bertz CT molecular complexity index is 1380. The monoisotopic (exact) mass is 571 g/mol. The van der Waals surface area contributed by atoms with E-state index in [1.165, 1.54) is 40.0 Å². The summed E-state index contributed by atoms with van der Waals surface area (Å²) in [6.07, 6.45) is 2.63. The second kappa shape index (κ2) is 15.1. The Morgan fingerprint density at radius 2 is 1.90 bits per heavy atom. The molecule has 0 fully saturated rings. The van der Waals surface area contributed by atoms with Gasteiger partial charge in [-0.2, -0.15) is 0 Å². The molecule has 2 aromatic carbocycles. The standard InChI is InChI=1S/C14H11FS.C14H18N2O6.CH5N/c15-13-6-5-10-7-11-3-1-2-4-14(11)16-9-12(10)8-13;1-9-3-5-15-16-6-4-10(17)13(12(16)11(18)7-9)21-8-22-14(19)20-2;1-2/h1-6,8H,7,9H2;4,6,9,15H,3,5,7-8H2,1-2H3;2H2,1H3/t;9-;/m.1./s1.